The van der Waals surface area contributed by atoms with E-state index in [1.54, 1.807) is 24.3 Å². The molecule has 0 atom stereocenters. The maximum absolute atomic E-state index is 12.4. The molecule has 5 nitrogen and oxygen atoms in total. The summed E-state index contributed by atoms with van der Waals surface area (Å²) in [6.07, 6.45) is -2.68. The van der Waals surface area contributed by atoms with Crippen molar-refractivity contribution in [3.8, 4) is 5.75 Å². The molecule has 0 unspecified atom stereocenters. The quantitative estimate of drug-likeness (QED) is 0.693. The molecule has 21 heavy (non-hydrogen) atoms. The first kappa shape index (κ1) is 17.3. The van der Waals surface area contributed by atoms with Gasteiger partial charge in [0.05, 0.1) is 18.7 Å². The molecule has 0 spiro atoms. The van der Waals surface area contributed by atoms with Gasteiger partial charge in [0.1, 0.15) is 10.7 Å². The minimum Gasteiger partial charge on any atom is -0.483 e. The van der Waals surface area contributed by atoms with E-state index in [2.05, 4.69) is 0 Å². The van der Waals surface area contributed by atoms with Gasteiger partial charge in [-0.2, -0.15) is 0 Å². The highest BCUT2D eigenvalue weighted by atomic mass is 32.1. The van der Waals surface area contributed by atoms with Crippen LogP contribution in [0.3, 0.4) is 0 Å². The molecule has 0 aliphatic carbocycles. The Morgan fingerprint density at radius 2 is 2.10 bits per heavy atom. The van der Waals surface area contributed by atoms with E-state index in [0.29, 0.717) is 11.3 Å². The third-order valence-electron chi connectivity index (χ3n) is 2.58. The van der Waals surface area contributed by atoms with Crippen molar-refractivity contribution in [2.75, 3.05) is 26.3 Å². The van der Waals surface area contributed by atoms with Crippen LogP contribution in [-0.4, -0.2) is 53.6 Å². The van der Waals surface area contributed by atoms with E-state index in [9.17, 15) is 13.6 Å². The Morgan fingerprint density at radius 1 is 1.43 bits per heavy atom. The summed E-state index contributed by atoms with van der Waals surface area (Å²) in [5.41, 5.74) is 5.98. The highest BCUT2D eigenvalue weighted by molar-refractivity contribution is 7.80. The summed E-state index contributed by atoms with van der Waals surface area (Å²) in [7, 11) is 0. The molecule has 1 aromatic carbocycles. The van der Waals surface area contributed by atoms with Gasteiger partial charge in [0.2, 0.25) is 0 Å². The third kappa shape index (κ3) is 5.60. The van der Waals surface area contributed by atoms with Crippen molar-refractivity contribution < 1.29 is 23.4 Å². The van der Waals surface area contributed by atoms with Gasteiger partial charge in [-0.1, -0.05) is 24.4 Å². The number of amides is 1. The van der Waals surface area contributed by atoms with Crippen LogP contribution in [0, 0.1) is 0 Å². The molecule has 0 aliphatic rings. The Labute approximate surface area is 126 Å². The minimum atomic E-state index is -2.68. The molecule has 1 rings (SSSR count). The maximum atomic E-state index is 12.4. The first-order valence-corrected chi connectivity index (χ1v) is 6.55. The molecule has 3 N–H and O–H groups in total. The highest BCUT2D eigenvalue weighted by Gasteiger charge is 2.18. The van der Waals surface area contributed by atoms with E-state index in [-0.39, 0.29) is 11.5 Å². The van der Waals surface area contributed by atoms with Gasteiger partial charge < -0.3 is 20.5 Å². The average Bonchev–Trinajstić information content (AvgIpc) is 2.44. The maximum Gasteiger partial charge on any atom is 0.260 e. The molecular weight excluding hydrogens is 302 g/mol. The molecule has 1 amide bonds. The Hall–Kier alpha value is -1.80. The molecule has 0 saturated heterocycles. The lowest BCUT2D eigenvalue weighted by molar-refractivity contribution is -0.135. The summed E-state index contributed by atoms with van der Waals surface area (Å²) in [6.45, 7) is -1.77. The van der Waals surface area contributed by atoms with E-state index in [4.69, 9.17) is 27.8 Å². The first-order valence-electron chi connectivity index (χ1n) is 6.14. The van der Waals surface area contributed by atoms with Crippen molar-refractivity contribution in [1.82, 2.24) is 4.90 Å². The molecular formula is C13H16F2N2O3S. The van der Waals surface area contributed by atoms with Crippen LogP contribution in [0.1, 0.15) is 5.56 Å². The number of hydrogen-bond donors (Lipinski definition) is 2. The number of rotatable bonds is 8. The van der Waals surface area contributed by atoms with Crippen molar-refractivity contribution in [3.05, 3.63) is 29.8 Å². The number of hydrogen-bond acceptors (Lipinski definition) is 4. The lowest BCUT2D eigenvalue weighted by Gasteiger charge is -2.21. The second-order valence-corrected chi connectivity index (χ2v) is 4.54. The summed E-state index contributed by atoms with van der Waals surface area (Å²) < 4.78 is 30.0. The second kappa shape index (κ2) is 8.48. The number of ether oxygens (including phenoxy) is 1. The van der Waals surface area contributed by atoms with Crippen molar-refractivity contribution >= 4 is 23.1 Å². The molecule has 0 heterocycles. The number of halogens is 2. The zero-order valence-corrected chi connectivity index (χ0v) is 12.0. The standard InChI is InChI=1S/C13H16F2N2O3S/c14-11(15)7-17(5-6-18)12(19)8-20-10-4-2-1-3-9(10)13(16)21/h1-4,11,18H,5-8H2,(H2,16,21). The molecule has 0 aromatic heterocycles. The van der Waals surface area contributed by atoms with Gasteiger partial charge >= 0.3 is 0 Å². The first-order chi connectivity index (χ1) is 9.95. The van der Waals surface area contributed by atoms with Gasteiger partial charge in [-0.3, -0.25) is 4.79 Å². The van der Waals surface area contributed by atoms with Crippen molar-refractivity contribution in [3.63, 3.8) is 0 Å². The van der Waals surface area contributed by atoms with Gasteiger partial charge in [0, 0.05) is 6.54 Å². The largest absolute Gasteiger partial charge is 0.483 e. The summed E-state index contributed by atoms with van der Waals surface area (Å²) >= 11 is 4.85. The smallest absolute Gasteiger partial charge is 0.260 e. The van der Waals surface area contributed by atoms with Crippen LogP contribution in [0.2, 0.25) is 0 Å². The predicted octanol–water partition coefficient (Wildman–Crippen LogP) is 0.786. The number of benzene rings is 1. The van der Waals surface area contributed by atoms with E-state index in [0.717, 1.165) is 4.90 Å². The lowest BCUT2D eigenvalue weighted by atomic mass is 10.2. The van der Waals surface area contributed by atoms with Crippen molar-refractivity contribution in [2.24, 2.45) is 5.73 Å². The summed E-state index contributed by atoms with van der Waals surface area (Å²) in [5, 5.41) is 8.79. The van der Waals surface area contributed by atoms with Crippen LogP contribution in [0.5, 0.6) is 5.75 Å². The summed E-state index contributed by atoms with van der Waals surface area (Å²) in [5.74, 6) is -0.346. The minimum absolute atomic E-state index is 0.109. The number of carbonyl (C=O) groups is 1. The zero-order chi connectivity index (χ0) is 15.8. The Balaban J connectivity index is 2.68. The van der Waals surface area contributed by atoms with Crippen LogP contribution in [0.25, 0.3) is 0 Å². The fraction of sp³-hybridized carbons (Fsp3) is 0.385. The molecule has 0 bridgehead atoms. The van der Waals surface area contributed by atoms with Crippen LogP contribution in [0.4, 0.5) is 8.78 Å². The average molecular weight is 318 g/mol. The number of carbonyl (C=O) groups excluding carboxylic acids is 1. The number of nitrogens with zero attached hydrogens (tertiary/aromatic N) is 1. The molecule has 1 aromatic rings. The van der Waals surface area contributed by atoms with Crippen LogP contribution in [0.15, 0.2) is 24.3 Å². The van der Waals surface area contributed by atoms with Gasteiger partial charge in [-0.15, -0.1) is 0 Å². The predicted molar refractivity (Wildman–Crippen MR) is 77.5 cm³/mol. The lowest BCUT2D eigenvalue weighted by Crippen LogP contribution is -2.40. The second-order valence-electron chi connectivity index (χ2n) is 4.10. The van der Waals surface area contributed by atoms with Crippen LogP contribution >= 0.6 is 12.2 Å². The summed E-state index contributed by atoms with van der Waals surface area (Å²) in [6, 6.07) is 6.59. The SMILES string of the molecule is NC(=S)c1ccccc1OCC(=O)N(CCO)CC(F)F. The highest BCUT2D eigenvalue weighted by Crippen LogP contribution is 2.17. The summed E-state index contributed by atoms with van der Waals surface area (Å²) in [4.78, 5) is 12.8. The molecule has 0 aliphatic heterocycles. The normalized spacial score (nSPS) is 10.5. The van der Waals surface area contributed by atoms with Gasteiger partial charge in [-0.05, 0) is 12.1 Å². The Morgan fingerprint density at radius 3 is 2.67 bits per heavy atom. The van der Waals surface area contributed by atoms with Crippen molar-refractivity contribution in [2.45, 2.75) is 6.43 Å². The molecule has 116 valence electrons. The van der Waals surface area contributed by atoms with E-state index >= 15 is 0 Å². The van der Waals surface area contributed by atoms with E-state index in [1.165, 1.54) is 0 Å². The molecule has 0 fully saturated rings. The van der Waals surface area contributed by atoms with E-state index < -0.39 is 32.1 Å². The fourth-order valence-electron chi connectivity index (χ4n) is 1.63. The Kier molecular flexibility index (Phi) is 6.97. The number of alkyl halides is 2. The molecule has 0 saturated carbocycles. The number of aliphatic hydroxyl groups is 1. The van der Waals surface area contributed by atoms with Crippen molar-refractivity contribution in [1.29, 1.82) is 0 Å². The number of para-hydroxylation sites is 1. The van der Waals surface area contributed by atoms with Gasteiger partial charge in [-0.25, -0.2) is 8.78 Å². The Bertz CT molecular complexity index is 500. The van der Waals surface area contributed by atoms with Crippen LogP contribution < -0.4 is 10.5 Å². The molecule has 8 heteroatoms. The number of thiocarbonyl (C=S) groups is 1. The fourth-order valence-corrected chi connectivity index (χ4v) is 1.80. The number of nitrogens with two attached hydrogens (primary N) is 1. The third-order valence-corrected chi connectivity index (χ3v) is 2.80. The van der Waals surface area contributed by atoms with E-state index in [1.807, 2.05) is 0 Å². The monoisotopic (exact) mass is 318 g/mol. The van der Waals surface area contributed by atoms with Crippen LogP contribution in [-0.2, 0) is 4.79 Å². The topological polar surface area (TPSA) is 75.8 Å². The molecule has 0 radical (unpaired) electrons. The van der Waals surface area contributed by atoms with Gasteiger partial charge in [0.25, 0.3) is 12.3 Å². The zero-order valence-electron chi connectivity index (χ0n) is 11.2. The number of aliphatic hydroxyl groups excluding tert-OH is 1. The van der Waals surface area contributed by atoms with Gasteiger partial charge in [0.15, 0.2) is 6.61 Å².